The predicted octanol–water partition coefficient (Wildman–Crippen LogP) is 3.51. The van der Waals surface area contributed by atoms with Gasteiger partial charge in [0.2, 0.25) is 0 Å². The van der Waals surface area contributed by atoms with Crippen LogP contribution in [0.4, 0.5) is 23.2 Å². The summed E-state index contributed by atoms with van der Waals surface area (Å²) in [6, 6.07) is 10.5. The monoisotopic (exact) mass is 446 g/mol. The smallest absolute Gasteiger partial charge is 0.406 e. The lowest BCUT2D eigenvalue weighted by molar-refractivity contribution is -0.274. The maximum absolute atomic E-state index is 14.9. The van der Waals surface area contributed by atoms with Crippen molar-refractivity contribution >= 4 is 17.4 Å². The largest absolute Gasteiger partial charge is 0.573 e. The van der Waals surface area contributed by atoms with E-state index in [4.69, 9.17) is 0 Å². The highest BCUT2D eigenvalue weighted by Gasteiger charge is 2.45. The fourth-order valence-electron chi connectivity index (χ4n) is 3.96. The van der Waals surface area contributed by atoms with Crippen LogP contribution >= 0.6 is 0 Å². The first kappa shape index (κ1) is 21.5. The van der Waals surface area contributed by atoms with Gasteiger partial charge in [-0.1, -0.05) is 18.2 Å². The van der Waals surface area contributed by atoms with Crippen molar-refractivity contribution in [2.24, 2.45) is 5.92 Å². The molecule has 0 saturated carbocycles. The molecule has 0 saturated heterocycles. The highest BCUT2D eigenvalue weighted by molar-refractivity contribution is 6.20. The minimum atomic E-state index is -4.88. The molecule has 2 aromatic rings. The second kappa shape index (κ2) is 7.76. The molecule has 1 amide bonds. The van der Waals surface area contributed by atoms with Crippen LogP contribution in [0.2, 0.25) is 0 Å². The zero-order chi connectivity index (χ0) is 23.2. The number of nitriles is 1. The second-order valence-electron chi connectivity index (χ2n) is 7.32. The number of alkyl halides is 3. The molecular formula is C22H14F4N2O4. The summed E-state index contributed by atoms with van der Waals surface area (Å²) in [6.07, 6.45) is -6.17. The van der Waals surface area contributed by atoms with E-state index in [1.54, 1.807) is 0 Å². The number of carbonyl (C=O) groups is 2. The summed E-state index contributed by atoms with van der Waals surface area (Å²) < 4.78 is 56.2. The lowest BCUT2D eigenvalue weighted by atomic mass is 9.95. The molecule has 0 aromatic heterocycles. The van der Waals surface area contributed by atoms with E-state index in [2.05, 4.69) is 4.74 Å². The van der Waals surface area contributed by atoms with E-state index < -0.39 is 48.2 Å². The van der Waals surface area contributed by atoms with Crippen LogP contribution in [0.5, 0.6) is 5.75 Å². The van der Waals surface area contributed by atoms with Crippen LogP contribution < -0.4 is 9.64 Å². The first-order chi connectivity index (χ1) is 15.1. The van der Waals surface area contributed by atoms with Crippen LogP contribution in [0.3, 0.4) is 0 Å². The van der Waals surface area contributed by atoms with Crippen molar-refractivity contribution in [3.63, 3.8) is 0 Å². The van der Waals surface area contributed by atoms with Gasteiger partial charge in [-0.25, -0.2) is 4.39 Å². The SMILES string of the molecule is N#CC1CC(O)C2=C1C(=O)N(c1ccc(-c3cccc(OC(F)(F)F)c3)cc1F)CC2=O. The van der Waals surface area contributed by atoms with Crippen LogP contribution in [-0.2, 0) is 9.59 Å². The van der Waals surface area contributed by atoms with Gasteiger partial charge in [0, 0.05) is 11.1 Å². The molecule has 6 nitrogen and oxygen atoms in total. The Morgan fingerprint density at radius 1 is 1.09 bits per heavy atom. The molecule has 2 aromatic carbocycles. The fourth-order valence-corrected chi connectivity index (χ4v) is 3.96. The number of anilines is 1. The Morgan fingerprint density at radius 2 is 1.81 bits per heavy atom. The number of Topliss-reactive ketones (excluding diaryl/α,β-unsaturated/α-hetero) is 1. The Hall–Kier alpha value is -3.71. The summed E-state index contributed by atoms with van der Waals surface area (Å²) >= 11 is 0. The number of rotatable bonds is 3. The number of benzene rings is 2. The van der Waals surface area contributed by atoms with Gasteiger partial charge in [0.15, 0.2) is 5.78 Å². The summed E-state index contributed by atoms with van der Waals surface area (Å²) in [5, 5.41) is 19.3. The highest BCUT2D eigenvalue weighted by atomic mass is 19.4. The number of nitrogens with zero attached hydrogens (tertiary/aromatic N) is 2. The molecule has 0 bridgehead atoms. The number of carbonyl (C=O) groups excluding carboxylic acids is 2. The molecule has 2 atom stereocenters. The van der Waals surface area contributed by atoms with Gasteiger partial charge in [-0.15, -0.1) is 13.2 Å². The van der Waals surface area contributed by atoms with Crippen LogP contribution in [0.25, 0.3) is 11.1 Å². The van der Waals surface area contributed by atoms with E-state index in [-0.39, 0.29) is 34.4 Å². The minimum Gasteiger partial charge on any atom is -0.406 e. The summed E-state index contributed by atoms with van der Waals surface area (Å²) in [6.45, 7) is -0.502. The molecular weight excluding hydrogens is 432 g/mol. The molecule has 1 aliphatic carbocycles. The molecule has 32 heavy (non-hydrogen) atoms. The molecule has 4 rings (SSSR count). The second-order valence-corrected chi connectivity index (χ2v) is 7.32. The van der Waals surface area contributed by atoms with E-state index in [1.165, 1.54) is 24.3 Å². The van der Waals surface area contributed by atoms with Gasteiger partial charge in [-0.3, -0.25) is 14.5 Å². The van der Waals surface area contributed by atoms with Crippen molar-refractivity contribution < 1.29 is 37.0 Å². The lowest BCUT2D eigenvalue weighted by Gasteiger charge is -2.28. The minimum absolute atomic E-state index is 0.0791. The summed E-state index contributed by atoms with van der Waals surface area (Å²) in [5.41, 5.74) is 0.0138. The highest BCUT2D eigenvalue weighted by Crippen LogP contribution is 2.39. The van der Waals surface area contributed by atoms with E-state index in [1.807, 2.05) is 6.07 Å². The number of aliphatic hydroxyl groups is 1. The van der Waals surface area contributed by atoms with Crippen LogP contribution in [0, 0.1) is 23.1 Å². The van der Waals surface area contributed by atoms with Crippen LogP contribution in [0.15, 0.2) is 53.6 Å². The van der Waals surface area contributed by atoms with Gasteiger partial charge in [-0.05, 0) is 41.8 Å². The number of hydrogen-bond donors (Lipinski definition) is 1. The lowest BCUT2D eigenvalue weighted by Crippen LogP contribution is -2.43. The average Bonchev–Trinajstić information content (AvgIpc) is 3.07. The zero-order valence-corrected chi connectivity index (χ0v) is 16.2. The maximum Gasteiger partial charge on any atom is 0.573 e. The Balaban J connectivity index is 1.66. The van der Waals surface area contributed by atoms with Gasteiger partial charge in [0.1, 0.15) is 11.6 Å². The summed E-state index contributed by atoms with van der Waals surface area (Å²) in [5.74, 6) is -3.65. The van der Waals surface area contributed by atoms with E-state index in [0.717, 1.165) is 23.1 Å². The number of hydrogen-bond acceptors (Lipinski definition) is 5. The van der Waals surface area contributed by atoms with Gasteiger partial charge in [0.25, 0.3) is 5.91 Å². The maximum atomic E-state index is 14.9. The molecule has 1 heterocycles. The topological polar surface area (TPSA) is 90.6 Å². The van der Waals surface area contributed by atoms with Gasteiger partial charge in [-0.2, -0.15) is 5.26 Å². The molecule has 1 aliphatic heterocycles. The average molecular weight is 446 g/mol. The standard InChI is InChI=1S/C22H14F4N2O4/c23-15-7-12(11-2-1-3-14(6-11)32-22(24,25)26)4-5-16(15)28-10-18(30)20-17(29)8-13(9-27)19(20)21(28)31/h1-7,13,17,29H,8,10H2. The van der Waals surface area contributed by atoms with E-state index in [0.29, 0.717) is 0 Å². The van der Waals surface area contributed by atoms with Gasteiger partial charge in [0.05, 0.1) is 30.3 Å². The van der Waals surface area contributed by atoms with Crippen molar-refractivity contribution in [2.75, 3.05) is 11.4 Å². The Morgan fingerprint density at radius 3 is 2.47 bits per heavy atom. The first-order valence-corrected chi connectivity index (χ1v) is 9.41. The zero-order valence-electron chi connectivity index (χ0n) is 16.2. The van der Waals surface area contributed by atoms with Crippen LogP contribution in [0.1, 0.15) is 6.42 Å². The molecule has 10 heteroatoms. The number of halogens is 4. The van der Waals surface area contributed by atoms with E-state index >= 15 is 0 Å². The summed E-state index contributed by atoms with van der Waals surface area (Å²) in [4.78, 5) is 26.3. The third kappa shape index (κ3) is 3.83. The van der Waals surface area contributed by atoms with Crippen molar-refractivity contribution in [1.82, 2.24) is 0 Å². The fraction of sp³-hybridized carbons (Fsp3) is 0.227. The number of ether oxygens (including phenoxy) is 1. The Bertz CT molecular complexity index is 1200. The molecule has 0 fully saturated rings. The third-order valence-corrected chi connectivity index (χ3v) is 5.30. The Labute approximate surface area is 178 Å². The molecule has 0 spiro atoms. The van der Waals surface area contributed by atoms with Crippen molar-refractivity contribution in [2.45, 2.75) is 18.9 Å². The van der Waals surface area contributed by atoms with Gasteiger partial charge >= 0.3 is 6.36 Å². The molecule has 164 valence electrons. The molecule has 0 radical (unpaired) electrons. The first-order valence-electron chi connectivity index (χ1n) is 9.41. The molecule has 1 N–H and O–H groups in total. The number of ketones is 1. The van der Waals surface area contributed by atoms with Crippen molar-refractivity contribution in [1.29, 1.82) is 5.26 Å². The number of amides is 1. The summed E-state index contributed by atoms with van der Waals surface area (Å²) in [7, 11) is 0. The number of aliphatic hydroxyl groups excluding tert-OH is 1. The molecule has 2 unspecified atom stereocenters. The normalized spacial score (nSPS) is 20.9. The van der Waals surface area contributed by atoms with E-state index in [9.17, 15) is 37.5 Å². The Kier molecular flexibility index (Phi) is 5.22. The van der Waals surface area contributed by atoms with Crippen LogP contribution in [-0.4, -0.2) is 35.8 Å². The quantitative estimate of drug-likeness (QED) is 0.729. The third-order valence-electron chi connectivity index (χ3n) is 5.30. The van der Waals surface area contributed by atoms with Crippen molar-refractivity contribution in [3.05, 3.63) is 59.4 Å². The predicted molar refractivity (Wildman–Crippen MR) is 103 cm³/mol. The molecule has 2 aliphatic rings. The van der Waals surface area contributed by atoms with Gasteiger partial charge < -0.3 is 9.84 Å². The van der Waals surface area contributed by atoms with Crippen molar-refractivity contribution in [3.8, 4) is 22.9 Å².